The first-order valence-corrected chi connectivity index (χ1v) is 12.9. The van der Waals surface area contributed by atoms with Gasteiger partial charge < -0.3 is 20.1 Å². The smallest absolute Gasteiger partial charge is 0.319 e. The van der Waals surface area contributed by atoms with E-state index in [2.05, 4.69) is 10.6 Å². The van der Waals surface area contributed by atoms with Gasteiger partial charge in [0.1, 0.15) is 16.4 Å². The minimum Gasteiger partial charge on any atom is -0.345 e. The summed E-state index contributed by atoms with van der Waals surface area (Å²) in [5, 5.41) is 5.38. The molecule has 0 aliphatic carbocycles. The molecule has 1 aromatic carbocycles. The molecule has 1 atom stereocenters. The molecule has 0 spiro atoms. The van der Waals surface area contributed by atoms with Gasteiger partial charge in [-0.15, -0.1) is 0 Å². The highest BCUT2D eigenvalue weighted by Crippen LogP contribution is 2.24. The van der Waals surface area contributed by atoms with E-state index in [-0.39, 0.29) is 16.7 Å². The lowest BCUT2D eigenvalue weighted by Crippen LogP contribution is -2.44. The third-order valence-corrected chi connectivity index (χ3v) is 8.21. The van der Waals surface area contributed by atoms with Crippen LogP contribution in [0.25, 0.3) is 0 Å². The van der Waals surface area contributed by atoms with Gasteiger partial charge >= 0.3 is 6.03 Å². The highest BCUT2D eigenvalue weighted by atomic mass is 32.2. The quantitative estimate of drug-likeness (QED) is 0.648. The Bertz CT molecular complexity index is 1160. The zero-order valence-corrected chi connectivity index (χ0v) is 20.0. The second kappa shape index (κ2) is 10.1. The van der Waals surface area contributed by atoms with Crippen molar-refractivity contribution in [1.29, 1.82) is 0 Å². The topological polar surface area (TPSA) is 104 Å². The standard InChI is InChI=1S/C23H30FN5O4S/c1-27-16-20(34(32,33)29-10-2-3-11-29)13-21(27)22(30)28-9-5-6-17(15-28)14-25-23(31)26-19-8-4-7-18(24)12-19/h4,7-8,12-13,16-17H,2-3,5-6,9-11,14-15H2,1H3,(H2,25,26,31). The molecule has 2 aliphatic heterocycles. The molecule has 2 aromatic rings. The molecule has 2 fully saturated rings. The number of benzene rings is 1. The number of piperidine rings is 1. The summed E-state index contributed by atoms with van der Waals surface area (Å²) in [4.78, 5) is 27.2. The lowest BCUT2D eigenvalue weighted by Gasteiger charge is -2.33. The van der Waals surface area contributed by atoms with Crippen LogP contribution in [0.15, 0.2) is 41.4 Å². The van der Waals surface area contributed by atoms with Crippen LogP contribution in [0.1, 0.15) is 36.2 Å². The number of nitrogens with one attached hydrogen (secondary N) is 2. The molecule has 34 heavy (non-hydrogen) atoms. The van der Waals surface area contributed by atoms with Crippen molar-refractivity contribution in [3.8, 4) is 0 Å². The second-order valence-corrected chi connectivity index (χ2v) is 10.8. The maximum absolute atomic E-state index is 13.3. The summed E-state index contributed by atoms with van der Waals surface area (Å²) in [6, 6.07) is 6.67. The number of aryl methyl sites for hydroxylation is 1. The van der Waals surface area contributed by atoms with Gasteiger partial charge in [-0.3, -0.25) is 4.79 Å². The number of rotatable bonds is 6. The van der Waals surface area contributed by atoms with E-state index in [1.807, 2.05) is 0 Å². The van der Waals surface area contributed by atoms with Gasteiger partial charge in [0.25, 0.3) is 5.91 Å². The zero-order chi connectivity index (χ0) is 24.3. The Labute approximate surface area is 199 Å². The van der Waals surface area contributed by atoms with Gasteiger partial charge in [0, 0.05) is 51.7 Å². The van der Waals surface area contributed by atoms with Crippen molar-refractivity contribution in [3.05, 3.63) is 48.0 Å². The fourth-order valence-electron chi connectivity index (χ4n) is 4.52. The average Bonchev–Trinajstić information content (AvgIpc) is 3.48. The maximum atomic E-state index is 13.3. The van der Waals surface area contributed by atoms with Crippen molar-refractivity contribution in [3.63, 3.8) is 0 Å². The summed E-state index contributed by atoms with van der Waals surface area (Å²) in [5.74, 6) is -0.598. The Kier molecular flexibility index (Phi) is 7.22. The van der Waals surface area contributed by atoms with Crippen LogP contribution in [-0.4, -0.2) is 66.9 Å². The normalized spacial score (nSPS) is 19.2. The fourth-order valence-corrected chi connectivity index (χ4v) is 6.11. The minimum atomic E-state index is -3.60. The third kappa shape index (κ3) is 5.41. The summed E-state index contributed by atoms with van der Waals surface area (Å²) in [5.41, 5.74) is 0.691. The van der Waals surface area contributed by atoms with Crippen molar-refractivity contribution in [2.75, 3.05) is 38.0 Å². The van der Waals surface area contributed by atoms with Crippen molar-refractivity contribution in [2.45, 2.75) is 30.6 Å². The Morgan fingerprint density at radius 2 is 1.88 bits per heavy atom. The molecule has 0 radical (unpaired) electrons. The van der Waals surface area contributed by atoms with Gasteiger partial charge in [-0.2, -0.15) is 4.31 Å². The van der Waals surface area contributed by atoms with E-state index in [9.17, 15) is 22.4 Å². The van der Waals surface area contributed by atoms with Crippen molar-refractivity contribution in [2.24, 2.45) is 13.0 Å². The zero-order valence-electron chi connectivity index (χ0n) is 19.2. The van der Waals surface area contributed by atoms with Gasteiger partial charge in [-0.25, -0.2) is 17.6 Å². The number of aromatic nitrogens is 1. The Morgan fingerprint density at radius 1 is 1.12 bits per heavy atom. The molecule has 9 nitrogen and oxygen atoms in total. The molecule has 3 amide bonds. The molecule has 2 N–H and O–H groups in total. The Morgan fingerprint density at radius 3 is 2.62 bits per heavy atom. The van der Waals surface area contributed by atoms with Gasteiger partial charge in [0.05, 0.1) is 0 Å². The number of halogens is 1. The van der Waals surface area contributed by atoms with Crippen LogP contribution in [0.2, 0.25) is 0 Å². The molecule has 184 valence electrons. The van der Waals surface area contributed by atoms with E-state index in [4.69, 9.17) is 0 Å². The predicted molar refractivity (Wildman–Crippen MR) is 125 cm³/mol. The highest BCUT2D eigenvalue weighted by molar-refractivity contribution is 7.89. The predicted octanol–water partition coefficient (Wildman–Crippen LogP) is 2.62. The number of carbonyl (C=O) groups is 2. The molecule has 2 aliphatic rings. The van der Waals surface area contributed by atoms with Crippen LogP contribution in [0.3, 0.4) is 0 Å². The van der Waals surface area contributed by atoms with Gasteiger partial charge in [-0.1, -0.05) is 6.07 Å². The summed E-state index contributed by atoms with van der Waals surface area (Å²) < 4.78 is 42.1. The SMILES string of the molecule is Cn1cc(S(=O)(=O)N2CCCC2)cc1C(=O)N1CCCC(CNC(=O)Nc2cccc(F)c2)C1. The number of sulfonamides is 1. The molecule has 0 saturated carbocycles. The summed E-state index contributed by atoms with van der Waals surface area (Å²) in [6.07, 6.45) is 4.84. The van der Waals surface area contributed by atoms with Gasteiger partial charge in [-0.05, 0) is 55.9 Å². The van der Waals surface area contributed by atoms with Crippen molar-refractivity contribution >= 4 is 27.6 Å². The van der Waals surface area contributed by atoms with Gasteiger partial charge in [0.2, 0.25) is 10.0 Å². The number of anilines is 1. The van der Waals surface area contributed by atoms with Gasteiger partial charge in [0.15, 0.2) is 0 Å². The third-order valence-electron chi connectivity index (χ3n) is 6.34. The Hall–Kier alpha value is -2.92. The first-order chi connectivity index (χ1) is 16.2. The maximum Gasteiger partial charge on any atom is 0.319 e. The van der Waals surface area contributed by atoms with Crippen LogP contribution in [-0.2, 0) is 17.1 Å². The lowest BCUT2D eigenvalue weighted by atomic mass is 9.98. The van der Waals surface area contributed by atoms with E-state index < -0.39 is 21.9 Å². The van der Waals surface area contributed by atoms with Crippen LogP contribution in [0.4, 0.5) is 14.9 Å². The average molecular weight is 492 g/mol. The summed E-state index contributed by atoms with van der Waals surface area (Å²) in [7, 11) is -1.92. The number of urea groups is 1. The molecule has 4 rings (SSSR count). The fraction of sp³-hybridized carbons (Fsp3) is 0.478. The molecule has 1 aromatic heterocycles. The molecule has 0 bridgehead atoms. The number of carbonyl (C=O) groups excluding carboxylic acids is 2. The number of hydrogen-bond acceptors (Lipinski definition) is 4. The molecular formula is C23H30FN5O4S. The number of amides is 3. The van der Waals surface area contributed by atoms with E-state index >= 15 is 0 Å². The van der Waals surface area contributed by atoms with Crippen molar-refractivity contribution < 1.29 is 22.4 Å². The number of likely N-dealkylation sites (tertiary alicyclic amines) is 1. The molecule has 3 heterocycles. The van der Waals surface area contributed by atoms with Crippen LogP contribution < -0.4 is 10.6 Å². The molecule has 1 unspecified atom stereocenters. The van der Waals surface area contributed by atoms with E-state index in [0.717, 1.165) is 25.7 Å². The van der Waals surface area contributed by atoms with Crippen LogP contribution >= 0.6 is 0 Å². The lowest BCUT2D eigenvalue weighted by molar-refractivity contribution is 0.0665. The highest BCUT2D eigenvalue weighted by Gasteiger charge is 2.31. The monoisotopic (exact) mass is 491 g/mol. The first kappa shape index (κ1) is 24.2. The van der Waals surface area contributed by atoms with E-state index in [1.165, 1.54) is 34.8 Å². The summed E-state index contributed by atoms with van der Waals surface area (Å²) >= 11 is 0. The Balaban J connectivity index is 1.35. The largest absolute Gasteiger partial charge is 0.345 e. The summed E-state index contributed by atoms with van der Waals surface area (Å²) in [6.45, 7) is 2.41. The van der Waals surface area contributed by atoms with E-state index in [0.29, 0.717) is 44.1 Å². The first-order valence-electron chi connectivity index (χ1n) is 11.5. The molecule has 11 heteroatoms. The minimum absolute atomic E-state index is 0.0593. The second-order valence-electron chi connectivity index (χ2n) is 8.89. The van der Waals surface area contributed by atoms with Crippen LogP contribution in [0.5, 0.6) is 0 Å². The molecular weight excluding hydrogens is 461 g/mol. The number of nitrogens with zero attached hydrogens (tertiary/aromatic N) is 3. The van der Waals surface area contributed by atoms with Crippen LogP contribution in [0, 0.1) is 11.7 Å². The van der Waals surface area contributed by atoms with E-state index in [1.54, 1.807) is 22.6 Å². The van der Waals surface area contributed by atoms with Crippen molar-refractivity contribution in [1.82, 2.24) is 19.1 Å². The number of hydrogen-bond donors (Lipinski definition) is 2. The molecule has 2 saturated heterocycles.